The van der Waals surface area contributed by atoms with Crippen LogP contribution < -0.4 is 5.43 Å². The first kappa shape index (κ1) is 7.35. The van der Waals surface area contributed by atoms with Crippen molar-refractivity contribution in [2.75, 3.05) is 5.43 Å². The van der Waals surface area contributed by atoms with Crippen LogP contribution in [0, 0.1) is 5.92 Å². The first-order valence-corrected chi connectivity index (χ1v) is 4.29. The molecule has 62 valence electrons. The second-order valence-corrected chi connectivity index (χ2v) is 3.09. The quantitative estimate of drug-likeness (QED) is 0.533. The van der Waals surface area contributed by atoms with Gasteiger partial charge in [0.25, 0.3) is 0 Å². The van der Waals surface area contributed by atoms with Gasteiger partial charge in [-0.25, -0.2) is 0 Å². The van der Waals surface area contributed by atoms with Crippen LogP contribution in [-0.4, -0.2) is 6.21 Å². The molecule has 1 fully saturated rings. The minimum absolute atomic E-state index is 0.737. The average molecular weight is 160 g/mol. The van der Waals surface area contributed by atoms with E-state index in [1.807, 2.05) is 36.5 Å². The van der Waals surface area contributed by atoms with Crippen molar-refractivity contribution in [1.29, 1.82) is 0 Å². The van der Waals surface area contributed by atoms with Crippen molar-refractivity contribution >= 4 is 11.9 Å². The Morgan fingerprint density at radius 2 is 2.00 bits per heavy atom. The van der Waals surface area contributed by atoms with E-state index < -0.39 is 0 Å². The summed E-state index contributed by atoms with van der Waals surface area (Å²) in [7, 11) is 0. The van der Waals surface area contributed by atoms with Gasteiger partial charge in [-0.3, -0.25) is 5.43 Å². The maximum atomic E-state index is 4.13. The van der Waals surface area contributed by atoms with Crippen LogP contribution >= 0.6 is 0 Å². The maximum absolute atomic E-state index is 4.13. The lowest BCUT2D eigenvalue weighted by Crippen LogP contribution is -1.88. The van der Waals surface area contributed by atoms with Gasteiger partial charge in [0.1, 0.15) is 0 Å². The summed E-state index contributed by atoms with van der Waals surface area (Å²) in [5.74, 6) is 0.737. The third-order valence-corrected chi connectivity index (χ3v) is 1.87. The van der Waals surface area contributed by atoms with E-state index in [4.69, 9.17) is 0 Å². The number of nitrogens with zero attached hydrogens (tertiary/aromatic N) is 1. The van der Waals surface area contributed by atoms with Gasteiger partial charge in [0.15, 0.2) is 0 Å². The van der Waals surface area contributed by atoms with Gasteiger partial charge in [-0.05, 0) is 30.9 Å². The Kier molecular flexibility index (Phi) is 2.08. The van der Waals surface area contributed by atoms with Crippen molar-refractivity contribution in [1.82, 2.24) is 0 Å². The van der Waals surface area contributed by atoms with Gasteiger partial charge in [-0.2, -0.15) is 5.10 Å². The fourth-order valence-corrected chi connectivity index (χ4v) is 0.975. The van der Waals surface area contributed by atoms with Gasteiger partial charge in [0.05, 0.1) is 5.69 Å². The summed E-state index contributed by atoms with van der Waals surface area (Å²) in [5, 5.41) is 4.13. The zero-order chi connectivity index (χ0) is 8.23. The number of rotatable bonds is 3. The van der Waals surface area contributed by atoms with Crippen LogP contribution in [0.5, 0.6) is 0 Å². The molecule has 2 nitrogen and oxygen atoms in total. The highest BCUT2D eigenvalue weighted by molar-refractivity contribution is 5.65. The molecule has 0 amide bonds. The normalized spacial score (nSPS) is 16.7. The van der Waals surface area contributed by atoms with E-state index in [9.17, 15) is 0 Å². The number of nitrogens with one attached hydrogen (secondary N) is 1. The maximum Gasteiger partial charge on any atom is 0.0561 e. The van der Waals surface area contributed by atoms with E-state index in [-0.39, 0.29) is 0 Å². The van der Waals surface area contributed by atoms with Crippen molar-refractivity contribution in [3.63, 3.8) is 0 Å². The van der Waals surface area contributed by atoms with Crippen LogP contribution in [-0.2, 0) is 0 Å². The van der Waals surface area contributed by atoms with Crippen LogP contribution in [0.15, 0.2) is 35.4 Å². The van der Waals surface area contributed by atoms with Crippen molar-refractivity contribution < 1.29 is 0 Å². The SMILES string of the molecule is C(=NNc1ccccc1)C1CC1. The summed E-state index contributed by atoms with van der Waals surface area (Å²) in [6.07, 6.45) is 4.60. The van der Waals surface area contributed by atoms with E-state index in [0.29, 0.717) is 0 Å². The first-order chi connectivity index (χ1) is 5.95. The smallest absolute Gasteiger partial charge is 0.0561 e. The molecular formula is C10H12N2. The monoisotopic (exact) mass is 160 g/mol. The van der Waals surface area contributed by atoms with Gasteiger partial charge in [0, 0.05) is 6.21 Å². The zero-order valence-corrected chi connectivity index (χ0v) is 6.90. The van der Waals surface area contributed by atoms with Gasteiger partial charge in [-0.15, -0.1) is 0 Å². The minimum Gasteiger partial charge on any atom is -0.279 e. The molecule has 1 aliphatic rings. The molecule has 0 heterocycles. The van der Waals surface area contributed by atoms with Crippen molar-refractivity contribution in [3.8, 4) is 0 Å². The van der Waals surface area contributed by atoms with Crippen molar-refractivity contribution in [3.05, 3.63) is 30.3 Å². The minimum atomic E-state index is 0.737. The molecule has 12 heavy (non-hydrogen) atoms. The number of anilines is 1. The van der Waals surface area contributed by atoms with Gasteiger partial charge in [-0.1, -0.05) is 18.2 Å². The molecule has 1 aromatic carbocycles. The van der Waals surface area contributed by atoms with Gasteiger partial charge >= 0.3 is 0 Å². The fourth-order valence-electron chi connectivity index (χ4n) is 0.975. The molecule has 0 spiro atoms. The largest absolute Gasteiger partial charge is 0.279 e. The van der Waals surface area contributed by atoms with E-state index >= 15 is 0 Å². The lowest BCUT2D eigenvalue weighted by molar-refractivity contribution is 1.20. The Labute approximate surface area is 72.3 Å². The number of hydrogen-bond donors (Lipinski definition) is 1. The standard InChI is InChI=1S/C10H12N2/c1-2-4-10(5-3-1)12-11-8-9-6-7-9/h1-5,8-9,12H,6-7H2. The van der Waals surface area contributed by atoms with Crippen molar-refractivity contribution in [2.45, 2.75) is 12.8 Å². The third kappa shape index (κ3) is 2.09. The molecule has 1 saturated carbocycles. The number of benzene rings is 1. The molecule has 2 rings (SSSR count). The highest BCUT2D eigenvalue weighted by Gasteiger charge is 2.18. The van der Waals surface area contributed by atoms with E-state index in [1.54, 1.807) is 0 Å². The molecule has 0 atom stereocenters. The molecule has 0 radical (unpaired) electrons. The zero-order valence-electron chi connectivity index (χ0n) is 6.90. The summed E-state index contributed by atoms with van der Waals surface area (Å²) in [6.45, 7) is 0. The molecule has 0 aromatic heterocycles. The van der Waals surface area contributed by atoms with Crippen LogP contribution in [0.4, 0.5) is 5.69 Å². The predicted octanol–water partition coefficient (Wildman–Crippen LogP) is 2.49. The van der Waals surface area contributed by atoms with Crippen LogP contribution in [0.2, 0.25) is 0 Å². The summed E-state index contributed by atoms with van der Waals surface area (Å²) in [5.41, 5.74) is 4.04. The van der Waals surface area contributed by atoms with Crippen LogP contribution in [0.1, 0.15) is 12.8 Å². The average Bonchev–Trinajstić information content (AvgIpc) is 2.90. The summed E-state index contributed by atoms with van der Waals surface area (Å²) in [6, 6.07) is 9.99. The summed E-state index contributed by atoms with van der Waals surface area (Å²) >= 11 is 0. The molecule has 1 aromatic rings. The third-order valence-electron chi connectivity index (χ3n) is 1.87. The Hall–Kier alpha value is -1.31. The Morgan fingerprint density at radius 1 is 1.25 bits per heavy atom. The van der Waals surface area contributed by atoms with E-state index in [2.05, 4.69) is 10.5 Å². The number of para-hydroxylation sites is 1. The fraction of sp³-hybridized carbons (Fsp3) is 0.300. The molecule has 0 saturated heterocycles. The molecule has 0 aliphatic heterocycles. The number of hydrogen-bond acceptors (Lipinski definition) is 2. The predicted molar refractivity (Wildman–Crippen MR) is 51.3 cm³/mol. The Bertz CT molecular complexity index is 262. The first-order valence-electron chi connectivity index (χ1n) is 4.29. The lowest BCUT2D eigenvalue weighted by atomic mass is 10.3. The van der Waals surface area contributed by atoms with Gasteiger partial charge in [0.2, 0.25) is 0 Å². The van der Waals surface area contributed by atoms with Gasteiger partial charge < -0.3 is 0 Å². The second-order valence-electron chi connectivity index (χ2n) is 3.09. The molecule has 1 aliphatic carbocycles. The topological polar surface area (TPSA) is 24.4 Å². The molecular weight excluding hydrogens is 148 g/mol. The van der Waals surface area contributed by atoms with Crippen molar-refractivity contribution in [2.24, 2.45) is 11.0 Å². The van der Waals surface area contributed by atoms with E-state index in [1.165, 1.54) is 12.8 Å². The van der Waals surface area contributed by atoms with Crippen LogP contribution in [0.3, 0.4) is 0 Å². The molecule has 2 heteroatoms. The highest BCUT2D eigenvalue weighted by Crippen LogP contribution is 2.26. The highest BCUT2D eigenvalue weighted by atomic mass is 15.3. The lowest BCUT2D eigenvalue weighted by Gasteiger charge is -1.96. The second kappa shape index (κ2) is 3.39. The molecule has 1 N–H and O–H groups in total. The van der Waals surface area contributed by atoms with E-state index in [0.717, 1.165) is 11.6 Å². The summed E-state index contributed by atoms with van der Waals surface area (Å²) in [4.78, 5) is 0. The Balaban J connectivity index is 1.86. The number of hydrazone groups is 1. The molecule has 0 bridgehead atoms. The Morgan fingerprint density at radius 3 is 2.67 bits per heavy atom. The summed E-state index contributed by atoms with van der Waals surface area (Å²) < 4.78 is 0. The molecule has 0 unspecified atom stereocenters. The van der Waals surface area contributed by atoms with Crippen LogP contribution in [0.25, 0.3) is 0 Å².